The van der Waals surface area contributed by atoms with E-state index in [1.54, 1.807) is 0 Å². The van der Waals surface area contributed by atoms with Gasteiger partial charge in [0.2, 0.25) is 0 Å². The number of halogens is 1. The normalized spacial score (nSPS) is 31.4. The molecule has 3 aliphatic rings. The highest BCUT2D eigenvalue weighted by Gasteiger charge is 2.45. The largest absolute Gasteiger partial charge is 0.377 e. The summed E-state index contributed by atoms with van der Waals surface area (Å²) >= 11 is 5.97. The third-order valence-electron chi connectivity index (χ3n) is 4.16. The molecule has 0 radical (unpaired) electrons. The van der Waals surface area contributed by atoms with Crippen molar-refractivity contribution in [2.45, 2.75) is 31.4 Å². The second kappa shape index (κ2) is 5.82. The minimum atomic E-state index is -3.19. The van der Waals surface area contributed by atoms with Gasteiger partial charge in [-0.1, -0.05) is 11.6 Å². The highest BCUT2D eigenvalue weighted by atomic mass is 35.5. The lowest BCUT2D eigenvalue weighted by Crippen LogP contribution is -2.43. The second-order valence-electron chi connectivity index (χ2n) is 5.74. The molecule has 3 rings (SSSR count). The first-order chi connectivity index (χ1) is 10.4. The van der Waals surface area contributed by atoms with Crippen molar-refractivity contribution in [3.63, 3.8) is 0 Å². The maximum Gasteiger partial charge on any atom is 0.278 e. The number of imide groups is 1. The van der Waals surface area contributed by atoms with Crippen LogP contribution in [0, 0.1) is 0 Å². The number of amides is 2. The van der Waals surface area contributed by atoms with Gasteiger partial charge in [0.25, 0.3) is 11.8 Å². The molecule has 122 valence electrons. The van der Waals surface area contributed by atoms with Crippen molar-refractivity contribution >= 4 is 33.3 Å². The van der Waals surface area contributed by atoms with Crippen LogP contribution in [-0.4, -0.2) is 61.9 Å². The molecule has 9 heteroatoms. The van der Waals surface area contributed by atoms with E-state index in [2.05, 4.69) is 5.32 Å². The fraction of sp³-hybridized carbons (Fsp3) is 0.692. The molecule has 0 saturated carbocycles. The van der Waals surface area contributed by atoms with Gasteiger partial charge < -0.3 is 10.1 Å². The molecular weight excluding hydrogens is 332 g/mol. The lowest BCUT2D eigenvalue weighted by atomic mass is 10.2. The quantitative estimate of drug-likeness (QED) is 0.705. The standard InChI is InChI=1S/C13H17ClN2O5S/c14-10-11(15-6-9-2-1-4-21-9)13(18)16(12(10)17)8-3-5-22(19,20)7-8/h8-9,15H,1-7H2. The van der Waals surface area contributed by atoms with Gasteiger partial charge in [-0.3, -0.25) is 14.5 Å². The molecule has 2 unspecified atom stereocenters. The molecule has 22 heavy (non-hydrogen) atoms. The van der Waals surface area contributed by atoms with Crippen molar-refractivity contribution in [2.75, 3.05) is 24.7 Å². The highest BCUT2D eigenvalue weighted by Crippen LogP contribution is 2.28. The van der Waals surface area contributed by atoms with E-state index in [4.69, 9.17) is 16.3 Å². The van der Waals surface area contributed by atoms with E-state index in [0.29, 0.717) is 13.2 Å². The van der Waals surface area contributed by atoms with Crippen LogP contribution in [-0.2, 0) is 24.2 Å². The monoisotopic (exact) mass is 348 g/mol. The Kier molecular flexibility index (Phi) is 4.17. The number of nitrogens with one attached hydrogen (secondary N) is 1. The number of rotatable bonds is 4. The SMILES string of the molecule is O=C1C(Cl)=C(NCC2CCCO2)C(=O)N1C1CCS(=O)(=O)C1. The molecule has 0 aliphatic carbocycles. The van der Waals surface area contributed by atoms with Crippen LogP contribution in [0.4, 0.5) is 0 Å². The van der Waals surface area contributed by atoms with E-state index in [1.807, 2.05) is 0 Å². The van der Waals surface area contributed by atoms with E-state index in [9.17, 15) is 18.0 Å². The summed E-state index contributed by atoms with van der Waals surface area (Å²) in [7, 11) is -3.19. The summed E-state index contributed by atoms with van der Waals surface area (Å²) in [5, 5.41) is 2.72. The third-order valence-corrected chi connectivity index (χ3v) is 6.26. The molecule has 2 atom stereocenters. The van der Waals surface area contributed by atoms with Crippen LogP contribution < -0.4 is 5.32 Å². The molecule has 1 N–H and O–H groups in total. The van der Waals surface area contributed by atoms with Crippen molar-refractivity contribution in [1.29, 1.82) is 0 Å². The maximum absolute atomic E-state index is 12.4. The molecule has 7 nitrogen and oxygen atoms in total. The predicted molar refractivity (Wildman–Crippen MR) is 78.8 cm³/mol. The number of ether oxygens (including phenoxy) is 1. The van der Waals surface area contributed by atoms with Crippen LogP contribution >= 0.6 is 11.6 Å². The second-order valence-corrected chi connectivity index (χ2v) is 8.35. The zero-order valence-electron chi connectivity index (χ0n) is 11.9. The van der Waals surface area contributed by atoms with Crippen molar-refractivity contribution in [3.05, 3.63) is 10.7 Å². The van der Waals surface area contributed by atoms with Gasteiger partial charge in [0.05, 0.1) is 23.7 Å². The Bertz CT molecular complexity index is 639. The first-order valence-electron chi connectivity index (χ1n) is 7.22. The summed E-state index contributed by atoms with van der Waals surface area (Å²) in [6, 6.07) is -0.624. The average molecular weight is 349 g/mol. The first-order valence-corrected chi connectivity index (χ1v) is 9.42. The van der Waals surface area contributed by atoms with E-state index in [0.717, 1.165) is 17.7 Å². The number of hydrogen-bond donors (Lipinski definition) is 1. The van der Waals surface area contributed by atoms with Crippen LogP contribution in [0.5, 0.6) is 0 Å². The van der Waals surface area contributed by atoms with E-state index in [1.165, 1.54) is 0 Å². The van der Waals surface area contributed by atoms with Crippen LogP contribution in [0.15, 0.2) is 10.7 Å². The lowest BCUT2D eigenvalue weighted by molar-refractivity contribution is -0.139. The van der Waals surface area contributed by atoms with E-state index in [-0.39, 0.29) is 34.8 Å². The predicted octanol–water partition coefficient (Wildman–Crippen LogP) is -0.239. The van der Waals surface area contributed by atoms with Crippen molar-refractivity contribution in [1.82, 2.24) is 10.2 Å². The molecule has 0 bridgehead atoms. The number of hydrogen-bond acceptors (Lipinski definition) is 6. The summed E-state index contributed by atoms with van der Waals surface area (Å²) < 4.78 is 28.5. The van der Waals surface area contributed by atoms with Crippen molar-refractivity contribution in [2.24, 2.45) is 0 Å². The average Bonchev–Trinajstić information content (AvgIpc) is 3.12. The Morgan fingerprint density at radius 1 is 1.27 bits per heavy atom. The summed E-state index contributed by atoms with van der Waals surface area (Å²) in [6.07, 6.45) is 2.13. The smallest absolute Gasteiger partial charge is 0.278 e. The zero-order chi connectivity index (χ0) is 15.9. The first kappa shape index (κ1) is 15.8. The molecular formula is C13H17ClN2O5S. The summed E-state index contributed by atoms with van der Waals surface area (Å²) in [6.45, 7) is 1.10. The fourth-order valence-electron chi connectivity index (χ4n) is 3.00. The van der Waals surface area contributed by atoms with Gasteiger partial charge in [-0.15, -0.1) is 0 Å². The van der Waals surface area contributed by atoms with E-state index < -0.39 is 27.7 Å². The molecule has 2 fully saturated rings. The number of carbonyl (C=O) groups is 2. The van der Waals surface area contributed by atoms with Gasteiger partial charge in [0.1, 0.15) is 10.7 Å². The van der Waals surface area contributed by atoms with Gasteiger partial charge in [0.15, 0.2) is 9.84 Å². The van der Waals surface area contributed by atoms with E-state index >= 15 is 0 Å². The van der Waals surface area contributed by atoms with Crippen LogP contribution in [0.3, 0.4) is 0 Å². The summed E-state index contributed by atoms with van der Waals surface area (Å²) in [5.41, 5.74) is 0.0477. The maximum atomic E-state index is 12.4. The third kappa shape index (κ3) is 2.87. The molecule has 0 spiro atoms. The zero-order valence-corrected chi connectivity index (χ0v) is 13.5. The number of carbonyl (C=O) groups excluding carboxylic acids is 2. The van der Waals surface area contributed by atoms with Crippen molar-refractivity contribution < 1.29 is 22.7 Å². The van der Waals surface area contributed by atoms with Crippen LogP contribution in [0.25, 0.3) is 0 Å². The summed E-state index contributed by atoms with van der Waals surface area (Å²) in [4.78, 5) is 25.5. The van der Waals surface area contributed by atoms with Crippen LogP contribution in [0.2, 0.25) is 0 Å². The number of sulfone groups is 1. The van der Waals surface area contributed by atoms with Gasteiger partial charge in [-0.25, -0.2) is 8.42 Å². The minimum absolute atomic E-state index is 0.000719. The molecule has 3 heterocycles. The van der Waals surface area contributed by atoms with Gasteiger partial charge in [0, 0.05) is 13.2 Å². The Labute approximate surface area is 133 Å². The molecule has 2 saturated heterocycles. The summed E-state index contributed by atoms with van der Waals surface area (Å²) in [5.74, 6) is -1.36. The molecule has 0 aromatic heterocycles. The number of nitrogens with zero attached hydrogens (tertiary/aromatic N) is 1. The fourth-order valence-corrected chi connectivity index (χ4v) is 4.94. The minimum Gasteiger partial charge on any atom is -0.377 e. The highest BCUT2D eigenvalue weighted by molar-refractivity contribution is 7.91. The molecule has 3 aliphatic heterocycles. The topological polar surface area (TPSA) is 92.8 Å². The lowest BCUT2D eigenvalue weighted by Gasteiger charge is -2.21. The molecule has 0 aromatic carbocycles. The van der Waals surface area contributed by atoms with Gasteiger partial charge in [-0.05, 0) is 19.3 Å². The Morgan fingerprint density at radius 3 is 2.64 bits per heavy atom. The molecule has 2 amide bonds. The Morgan fingerprint density at radius 2 is 2.05 bits per heavy atom. The van der Waals surface area contributed by atoms with Crippen molar-refractivity contribution in [3.8, 4) is 0 Å². The Balaban J connectivity index is 1.69. The van der Waals surface area contributed by atoms with Gasteiger partial charge >= 0.3 is 0 Å². The van der Waals surface area contributed by atoms with Crippen LogP contribution in [0.1, 0.15) is 19.3 Å². The Hall–Kier alpha value is -1.12. The molecule has 0 aromatic rings. The van der Waals surface area contributed by atoms with Gasteiger partial charge in [-0.2, -0.15) is 0 Å².